The minimum atomic E-state index is 1.08. The van der Waals surface area contributed by atoms with E-state index in [1.807, 2.05) is 6.08 Å². The summed E-state index contributed by atoms with van der Waals surface area (Å²) in [7, 11) is 0. The Morgan fingerprint density at radius 2 is 1.94 bits per heavy atom. The van der Waals surface area contributed by atoms with Gasteiger partial charge in [0.05, 0.1) is 0 Å². The molecule has 0 saturated carbocycles. The molecule has 1 aliphatic heterocycles. The molecule has 1 N–H and O–H groups in total. The van der Waals surface area contributed by atoms with Crippen LogP contribution in [0.5, 0.6) is 0 Å². The second-order valence-electron chi connectivity index (χ2n) is 4.39. The summed E-state index contributed by atoms with van der Waals surface area (Å²) in [5, 5.41) is 3.39. The molecule has 1 fully saturated rings. The number of hydrogen-bond acceptors (Lipinski definition) is 2. The van der Waals surface area contributed by atoms with Crippen LogP contribution in [0, 0.1) is 13.8 Å². The molecule has 1 aromatic rings. The first-order chi connectivity index (χ1) is 7.74. The molecule has 1 aliphatic rings. The third-order valence-corrected chi connectivity index (χ3v) is 3.33. The van der Waals surface area contributed by atoms with Crippen LogP contribution in [0.15, 0.2) is 18.7 Å². The maximum Gasteiger partial charge on any atom is 0.0432 e. The molecule has 0 spiro atoms. The third-order valence-electron chi connectivity index (χ3n) is 3.33. The maximum absolute atomic E-state index is 3.88. The van der Waals surface area contributed by atoms with Crippen LogP contribution in [0.1, 0.15) is 16.7 Å². The van der Waals surface area contributed by atoms with Gasteiger partial charge in [-0.25, -0.2) is 0 Å². The number of piperazine rings is 1. The molecule has 0 radical (unpaired) electrons. The Kier molecular flexibility index (Phi) is 3.30. The highest BCUT2D eigenvalue weighted by Crippen LogP contribution is 2.28. The Morgan fingerprint density at radius 3 is 2.56 bits per heavy atom. The van der Waals surface area contributed by atoms with Crippen molar-refractivity contribution in [3.8, 4) is 0 Å². The normalized spacial score (nSPS) is 16.2. The van der Waals surface area contributed by atoms with Crippen molar-refractivity contribution in [1.29, 1.82) is 0 Å². The van der Waals surface area contributed by atoms with Gasteiger partial charge in [0.2, 0.25) is 0 Å². The van der Waals surface area contributed by atoms with Crippen molar-refractivity contribution in [1.82, 2.24) is 5.32 Å². The minimum absolute atomic E-state index is 1.08. The van der Waals surface area contributed by atoms with E-state index in [-0.39, 0.29) is 0 Å². The number of rotatable bonds is 2. The van der Waals surface area contributed by atoms with Gasteiger partial charge in [-0.3, -0.25) is 0 Å². The van der Waals surface area contributed by atoms with E-state index in [1.54, 1.807) is 0 Å². The maximum atomic E-state index is 3.88. The van der Waals surface area contributed by atoms with Gasteiger partial charge in [0.15, 0.2) is 0 Å². The Balaban J connectivity index is 2.41. The molecule has 0 aromatic heterocycles. The number of nitrogens with one attached hydrogen (secondary N) is 1. The van der Waals surface area contributed by atoms with Crippen LogP contribution >= 0.6 is 0 Å². The summed E-state index contributed by atoms with van der Waals surface area (Å²) >= 11 is 0. The summed E-state index contributed by atoms with van der Waals surface area (Å²) in [4.78, 5) is 2.48. The molecule has 2 heteroatoms. The Morgan fingerprint density at radius 1 is 1.25 bits per heavy atom. The SMILES string of the molecule is C=Cc1ccc(C)c(N2CCNCC2)c1C. The number of nitrogens with zero attached hydrogens (tertiary/aromatic N) is 1. The van der Waals surface area contributed by atoms with E-state index in [0.717, 1.165) is 26.2 Å². The summed E-state index contributed by atoms with van der Waals surface area (Å²) in [6, 6.07) is 4.35. The fourth-order valence-corrected chi connectivity index (χ4v) is 2.45. The van der Waals surface area contributed by atoms with Crippen LogP contribution in [0.25, 0.3) is 6.08 Å². The van der Waals surface area contributed by atoms with Gasteiger partial charge in [0.1, 0.15) is 0 Å². The highest BCUT2D eigenvalue weighted by Gasteiger charge is 2.15. The number of aryl methyl sites for hydroxylation is 1. The average molecular weight is 216 g/mol. The van der Waals surface area contributed by atoms with Gasteiger partial charge in [0.25, 0.3) is 0 Å². The van der Waals surface area contributed by atoms with Gasteiger partial charge in [-0.15, -0.1) is 0 Å². The Labute approximate surface area is 98.0 Å². The second kappa shape index (κ2) is 4.71. The molecule has 2 nitrogen and oxygen atoms in total. The van der Waals surface area contributed by atoms with Gasteiger partial charge >= 0.3 is 0 Å². The third kappa shape index (κ3) is 1.98. The lowest BCUT2D eigenvalue weighted by molar-refractivity contribution is 0.587. The molecule has 0 amide bonds. The summed E-state index contributed by atoms with van der Waals surface area (Å²) in [5.41, 5.74) is 5.37. The van der Waals surface area contributed by atoms with Gasteiger partial charge < -0.3 is 10.2 Å². The molecule has 1 aromatic carbocycles. The number of anilines is 1. The first-order valence-electron chi connectivity index (χ1n) is 5.92. The van der Waals surface area contributed by atoms with Crippen molar-refractivity contribution in [2.24, 2.45) is 0 Å². The van der Waals surface area contributed by atoms with Crippen LogP contribution in [-0.4, -0.2) is 26.2 Å². The standard InChI is InChI=1S/C14H20N2/c1-4-13-6-5-11(2)14(12(13)3)16-9-7-15-8-10-16/h4-6,15H,1,7-10H2,2-3H3. The molecule has 0 unspecified atom stereocenters. The Hall–Kier alpha value is -1.28. The number of hydrogen-bond donors (Lipinski definition) is 1. The fourth-order valence-electron chi connectivity index (χ4n) is 2.45. The van der Waals surface area contributed by atoms with E-state index in [0.29, 0.717) is 0 Å². The number of benzene rings is 1. The van der Waals surface area contributed by atoms with Crippen LogP contribution in [0.4, 0.5) is 5.69 Å². The molecule has 0 atom stereocenters. The molecule has 16 heavy (non-hydrogen) atoms. The van der Waals surface area contributed by atoms with Crippen molar-refractivity contribution in [3.63, 3.8) is 0 Å². The summed E-state index contributed by atoms with van der Waals surface area (Å²) in [5.74, 6) is 0. The topological polar surface area (TPSA) is 15.3 Å². The van der Waals surface area contributed by atoms with E-state index in [4.69, 9.17) is 0 Å². The van der Waals surface area contributed by atoms with Crippen LogP contribution in [0.2, 0.25) is 0 Å². The average Bonchev–Trinajstić information content (AvgIpc) is 2.31. The van der Waals surface area contributed by atoms with Crippen LogP contribution in [0.3, 0.4) is 0 Å². The molecule has 0 bridgehead atoms. The first kappa shape index (κ1) is 11.2. The molecule has 2 rings (SSSR count). The highest BCUT2D eigenvalue weighted by atomic mass is 15.2. The predicted octanol–water partition coefficient (Wildman–Crippen LogP) is 2.36. The fraction of sp³-hybridized carbons (Fsp3) is 0.429. The largest absolute Gasteiger partial charge is 0.369 e. The van der Waals surface area contributed by atoms with E-state index in [9.17, 15) is 0 Å². The summed E-state index contributed by atoms with van der Waals surface area (Å²) in [6.45, 7) is 12.6. The van der Waals surface area contributed by atoms with Crippen molar-refractivity contribution < 1.29 is 0 Å². The Bertz CT molecular complexity index is 390. The molecule has 86 valence electrons. The van der Waals surface area contributed by atoms with Crippen molar-refractivity contribution in [3.05, 3.63) is 35.4 Å². The zero-order valence-corrected chi connectivity index (χ0v) is 10.2. The van der Waals surface area contributed by atoms with Crippen molar-refractivity contribution >= 4 is 11.8 Å². The summed E-state index contributed by atoms with van der Waals surface area (Å²) < 4.78 is 0. The zero-order valence-electron chi connectivity index (χ0n) is 10.2. The lowest BCUT2D eigenvalue weighted by atomic mass is 10.0. The first-order valence-corrected chi connectivity index (χ1v) is 5.92. The molecular weight excluding hydrogens is 196 g/mol. The van der Waals surface area contributed by atoms with Crippen molar-refractivity contribution in [2.75, 3.05) is 31.1 Å². The lowest BCUT2D eigenvalue weighted by Gasteiger charge is -2.32. The van der Waals surface area contributed by atoms with E-state index in [2.05, 4.69) is 42.8 Å². The second-order valence-corrected chi connectivity index (χ2v) is 4.39. The van der Waals surface area contributed by atoms with Crippen LogP contribution < -0.4 is 10.2 Å². The van der Waals surface area contributed by atoms with E-state index >= 15 is 0 Å². The van der Waals surface area contributed by atoms with E-state index in [1.165, 1.54) is 22.4 Å². The summed E-state index contributed by atoms with van der Waals surface area (Å²) in [6.07, 6.45) is 1.94. The monoisotopic (exact) mass is 216 g/mol. The van der Waals surface area contributed by atoms with Gasteiger partial charge in [-0.05, 0) is 30.5 Å². The smallest absolute Gasteiger partial charge is 0.0432 e. The predicted molar refractivity (Wildman–Crippen MR) is 71.1 cm³/mol. The highest BCUT2D eigenvalue weighted by molar-refractivity contribution is 5.67. The van der Waals surface area contributed by atoms with Crippen LogP contribution in [-0.2, 0) is 0 Å². The van der Waals surface area contributed by atoms with Crippen molar-refractivity contribution in [2.45, 2.75) is 13.8 Å². The quantitative estimate of drug-likeness (QED) is 0.816. The molecule has 1 heterocycles. The van der Waals surface area contributed by atoms with E-state index < -0.39 is 0 Å². The van der Waals surface area contributed by atoms with Gasteiger partial charge in [-0.2, -0.15) is 0 Å². The van der Waals surface area contributed by atoms with Gasteiger partial charge in [-0.1, -0.05) is 24.8 Å². The zero-order chi connectivity index (χ0) is 11.5. The lowest BCUT2D eigenvalue weighted by Crippen LogP contribution is -2.44. The van der Waals surface area contributed by atoms with Gasteiger partial charge in [0, 0.05) is 31.9 Å². The molecule has 0 aliphatic carbocycles. The minimum Gasteiger partial charge on any atom is -0.369 e. The molecular formula is C14H20N2. The molecule has 1 saturated heterocycles.